The second-order valence-electron chi connectivity index (χ2n) is 4.53. The van der Waals surface area contributed by atoms with Crippen LogP contribution in [0.1, 0.15) is 33.3 Å². The average molecular weight is 237 g/mol. The largest absolute Gasteiger partial charge is 0.490 e. The fraction of sp³-hybridized carbons (Fsp3) is 0.571. The van der Waals surface area contributed by atoms with Crippen molar-refractivity contribution in [2.24, 2.45) is 5.73 Å². The Morgan fingerprint density at radius 1 is 1.24 bits per heavy atom. The van der Waals surface area contributed by atoms with Crippen LogP contribution in [0.4, 0.5) is 0 Å². The molecular weight excluding hydrogens is 214 g/mol. The highest BCUT2D eigenvalue weighted by atomic mass is 16.5. The van der Waals surface area contributed by atoms with Gasteiger partial charge in [0.25, 0.3) is 0 Å². The monoisotopic (exact) mass is 237 g/mol. The van der Waals surface area contributed by atoms with Crippen LogP contribution in [-0.4, -0.2) is 18.8 Å². The number of nitrogens with two attached hydrogens (primary N) is 1. The predicted molar refractivity (Wildman–Crippen MR) is 70.7 cm³/mol. The van der Waals surface area contributed by atoms with Gasteiger partial charge in [-0.25, -0.2) is 0 Å². The lowest BCUT2D eigenvalue weighted by molar-refractivity contribution is 0.221. The maximum atomic E-state index is 5.85. The van der Waals surface area contributed by atoms with Gasteiger partial charge in [-0.1, -0.05) is 12.1 Å². The molecule has 1 unspecified atom stereocenters. The van der Waals surface area contributed by atoms with E-state index < -0.39 is 0 Å². The first-order chi connectivity index (χ1) is 8.04. The van der Waals surface area contributed by atoms with Crippen LogP contribution in [0, 0.1) is 0 Å². The number of ether oxygens (including phenoxy) is 2. The Morgan fingerprint density at radius 3 is 2.47 bits per heavy atom. The van der Waals surface area contributed by atoms with E-state index in [1.54, 1.807) is 0 Å². The summed E-state index contributed by atoms with van der Waals surface area (Å²) in [7, 11) is 0. The van der Waals surface area contributed by atoms with Crippen molar-refractivity contribution in [3.8, 4) is 11.5 Å². The second kappa shape index (κ2) is 6.50. The van der Waals surface area contributed by atoms with Crippen LogP contribution < -0.4 is 15.2 Å². The third kappa shape index (κ3) is 4.27. The summed E-state index contributed by atoms with van der Waals surface area (Å²) in [6, 6.07) is 6.08. The second-order valence-corrected chi connectivity index (χ2v) is 4.53. The highest BCUT2D eigenvalue weighted by molar-refractivity contribution is 5.47. The van der Waals surface area contributed by atoms with Crippen molar-refractivity contribution in [2.45, 2.75) is 46.3 Å². The van der Waals surface area contributed by atoms with E-state index in [1.165, 1.54) is 0 Å². The summed E-state index contributed by atoms with van der Waals surface area (Å²) >= 11 is 0. The molecule has 1 rings (SSSR count). The topological polar surface area (TPSA) is 44.5 Å². The number of benzene rings is 1. The minimum Gasteiger partial charge on any atom is -0.490 e. The Labute approximate surface area is 104 Å². The molecule has 0 saturated carbocycles. The number of para-hydroxylation sites is 1. The molecule has 17 heavy (non-hydrogen) atoms. The summed E-state index contributed by atoms with van der Waals surface area (Å²) in [6.07, 6.45) is 0.923. The third-order valence-electron chi connectivity index (χ3n) is 2.26. The molecule has 1 aromatic rings. The molecule has 1 atom stereocenters. The minimum atomic E-state index is 0.112. The third-order valence-corrected chi connectivity index (χ3v) is 2.26. The van der Waals surface area contributed by atoms with Gasteiger partial charge >= 0.3 is 0 Å². The molecule has 0 amide bonds. The van der Waals surface area contributed by atoms with Crippen LogP contribution in [0.15, 0.2) is 18.2 Å². The molecular formula is C14H23NO2. The fourth-order valence-electron chi connectivity index (χ4n) is 1.71. The maximum Gasteiger partial charge on any atom is 0.164 e. The van der Waals surface area contributed by atoms with Gasteiger partial charge in [-0.3, -0.25) is 0 Å². The molecule has 0 saturated heterocycles. The summed E-state index contributed by atoms with van der Waals surface area (Å²) in [4.78, 5) is 0. The highest BCUT2D eigenvalue weighted by Gasteiger charge is 2.13. The Hall–Kier alpha value is -1.22. The molecule has 0 radical (unpaired) electrons. The molecule has 2 N–H and O–H groups in total. The van der Waals surface area contributed by atoms with Gasteiger partial charge in [-0.05, 0) is 45.7 Å². The summed E-state index contributed by atoms with van der Waals surface area (Å²) in [5, 5.41) is 0. The van der Waals surface area contributed by atoms with E-state index >= 15 is 0 Å². The molecule has 0 aromatic heterocycles. The van der Waals surface area contributed by atoms with Gasteiger partial charge in [0, 0.05) is 6.04 Å². The zero-order valence-electron chi connectivity index (χ0n) is 11.2. The lowest BCUT2D eigenvalue weighted by Crippen LogP contribution is -2.19. The fourth-order valence-corrected chi connectivity index (χ4v) is 1.71. The van der Waals surface area contributed by atoms with Gasteiger partial charge in [-0.15, -0.1) is 0 Å². The molecule has 96 valence electrons. The Balaban J connectivity index is 3.04. The molecule has 1 aromatic carbocycles. The number of hydrogen-bond acceptors (Lipinski definition) is 3. The van der Waals surface area contributed by atoms with Gasteiger partial charge in [0.2, 0.25) is 0 Å². The normalized spacial score (nSPS) is 12.6. The van der Waals surface area contributed by atoms with Crippen LogP contribution in [0.3, 0.4) is 0 Å². The van der Waals surface area contributed by atoms with E-state index in [-0.39, 0.29) is 12.1 Å². The van der Waals surface area contributed by atoms with Crippen molar-refractivity contribution in [1.29, 1.82) is 0 Å². The quantitative estimate of drug-likeness (QED) is 0.827. The van der Waals surface area contributed by atoms with Gasteiger partial charge in [-0.2, -0.15) is 0 Å². The van der Waals surface area contributed by atoms with Gasteiger partial charge < -0.3 is 15.2 Å². The van der Waals surface area contributed by atoms with Crippen LogP contribution >= 0.6 is 0 Å². The molecule has 3 nitrogen and oxygen atoms in total. The Kier molecular flexibility index (Phi) is 5.29. The molecule has 0 fully saturated rings. The number of rotatable bonds is 6. The van der Waals surface area contributed by atoms with Crippen molar-refractivity contribution in [2.75, 3.05) is 6.61 Å². The first kappa shape index (κ1) is 13.8. The summed E-state index contributed by atoms with van der Waals surface area (Å²) in [5.74, 6) is 1.64. The standard InChI is InChI=1S/C14H23NO2/c1-5-16-13-8-6-7-12(9-11(4)15)14(13)17-10(2)3/h6-8,10-11H,5,9,15H2,1-4H3. The van der Waals surface area contributed by atoms with Crippen molar-refractivity contribution in [1.82, 2.24) is 0 Å². The molecule has 0 aliphatic carbocycles. The van der Waals surface area contributed by atoms with E-state index in [4.69, 9.17) is 15.2 Å². The lowest BCUT2D eigenvalue weighted by atomic mass is 10.1. The minimum absolute atomic E-state index is 0.112. The zero-order chi connectivity index (χ0) is 12.8. The Bertz CT molecular complexity index is 348. The van der Waals surface area contributed by atoms with E-state index in [0.717, 1.165) is 23.5 Å². The molecule has 0 aliphatic heterocycles. The van der Waals surface area contributed by atoms with Crippen molar-refractivity contribution in [3.05, 3.63) is 23.8 Å². The van der Waals surface area contributed by atoms with E-state index in [2.05, 4.69) is 0 Å². The SMILES string of the molecule is CCOc1cccc(CC(C)N)c1OC(C)C. The van der Waals surface area contributed by atoms with Crippen LogP contribution in [0.5, 0.6) is 11.5 Å². The van der Waals surface area contributed by atoms with Crippen molar-refractivity contribution >= 4 is 0 Å². The molecule has 0 bridgehead atoms. The van der Waals surface area contributed by atoms with Crippen LogP contribution in [0.25, 0.3) is 0 Å². The van der Waals surface area contributed by atoms with Gasteiger partial charge in [0.1, 0.15) is 0 Å². The summed E-state index contributed by atoms with van der Waals surface area (Å²) in [5.41, 5.74) is 6.96. The summed E-state index contributed by atoms with van der Waals surface area (Å²) < 4.78 is 11.4. The van der Waals surface area contributed by atoms with E-state index in [0.29, 0.717) is 6.61 Å². The van der Waals surface area contributed by atoms with E-state index in [1.807, 2.05) is 45.9 Å². The van der Waals surface area contributed by atoms with Crippen LogP contribution in [0.2, 0.25) is 0 Å². The highest BCUT2D eigenvalue weighted by Crippen LogP contribution is 2.32. The Morgan fingerprint density at radius 2 is 1.94 bits per heavy atom. The van der Waals surface area contributed by atoms with Gasteiger partial charge in [0.05, 0.1) is 12.7 Å². The predicted octanol–water partition coefficient (Wildman–Crippen LogP) is 2.76. The lowest BCUT2D eigenvalue weighted by Gasteiger charge is -2.19. The van der Waals surface area contributed by atoms with E-state index in [9.17, 15) is 0 Å². The molecule has 0 aliphatic rings. The van der Waals surface area contributed by atoms with Crippen LogP contribution in [-0.2, 0) is 6.42 Å². The van der Waals surface area contributed by atoms with Crippen molar-refractivity contribution < 1.29 is 9.47 Å². The molecule has 0 heterocycles. The summed E-state index contributed by atoms with van der Waals surface area (Å²) in [6.45, 7) is 8.62. The maximum absolute atomic E-state index is 5.85. The molecule has 3 heteroatoms. The first-order valence-corrected chi connectivity index (χ1v) is 6.21. The zero-order valence-corrected chi connectivity index (χ0v) is 11.2. The average Bonchev–Trinajstić information content (AvgIpc) is 2.21. The number of hydrogen-bond donors (Lipinski definition) is 1. The first-order valence-electron chi connectivity index (χ1n) is 6.21. The van der Waals surface area contributed by atoms with Crippen molar-refractivity contribution in [3.63, 3.8) is 0 Å². The molecule has 0 spiro atoms. The smallest absolute Gasteiger partial charge is 0.164 e. The van der Waals surface area contributed by atoms with Gasteiger partial charge in [0.15, 0.2) is 11.5 Å².